The van der Waals surface area contributed by atoms with E-state index in [9.17, 15) is 9.59 Å². The molecule has 164 valence electrons. The summed E-state index contributed by atoms with van der Waals surface area (Å²) in [6.45, 7) is 6.38. The maximum Gasteiger partial charge on any atom is 0.414 e. The van der Waals surface area contributed by atoms with Crippen LogP contribution in [0.5, 0.6) is 0 Å². The van der Waals surface area contributed by atoms with Gasteiger partial charge in [-0.3, -0.25) is 4.90 Å². The average molecular weight is 503 g/mol. The molecule has 2 heterocycles. The van der Waals surface area contributed by atoms with Crippen LogP contribution in [0, 0.1) is 0 Å². The Balaban J connectivity index is 2.20. The van der Waals surface area contributed by atoms with Crippen molar-refractivity contribution in [3.05, 3.63) is 27.4 Å². The Morgan fingerprint density at radius 3 is 2.63 bits per heavy atom. The number of rotatable bonds is 6. The first-order valence-electron chi connectivity index (χ1n) is 10.1. The molecule has 0 saturated carbocycles. The quantitative estimate of drug-likeness (QED) is 0.455. The van der Waals surface area contributed by atoms with Crippen molar-refractivity contribution in [1.29, 1.82) is 0 Å². The molecule has 0 radical (unpaired) electrons. The summed E-state index contributed by atoms with van der Waals surface area (Å²) in [4.78, 5) is 27.3. The number of hydrogen-bond acceptors (Lipinski definition) is 6. The first kappa shape index (κ1) is 22.9. The molecule has 2 unspecified atom stereocenters. The molecular weight excluding hydrogens is 478 g/mol. The summed E-state index contributed by atoms with van der Waals surface area (Å²) in [5.74, 6) is -0.696. The second-order valence-electron chi connectivity index (χ2n) is 6.91. The second kappa shape index (κ2) is 10.0. The van der Waals surface area contributed by atoms with Crippen molar-refractivity contribution in [1.82, 2.24) is 0 Å². The van der Waals surface area contributed by atoms with Gasteiger partial charge in [0.15, 0.2) is 0 Å². The Kier molecular flexibility index (Phi) is 7.65. The van der Waals surface area contributed by atoms with Gasteiger partial charge in [-0.1, -0.05) is 18.5 Å². The third kappa shape index (κ3) is 4.60. The number of hydrogen-bond donors (Lipinski definition) is 0. The first-order valence-corrected chi connectivity index (χ1v) is 11.2. The van der Waals surface area contributed by atoms with E-state index in [1.165, 1.54) is 4.90 Å². The molecule has 7 nitrogen and oxygen atoms in total. The molecule has 1 aromatic heterocycles. The van der Waals surface area contributed by atoms with Crippen LogP contribution < -0.4 is 4.90 Å². The van der Waals surface area contributed by atoms with E-state index in [2.05, 4.69) is 15.9 Å². The van der Waals surface area contributed by atoms with E-state index in [-0.39, 0.29) is 31.1 Å². The molecule has 1 aromatic carbocycles. The van der Waals surface area contributed by atoms with Gasteiger partial charge >= 0.3 is 12.1 Å². The summed E-state index contributed by atoms with van der Waals surface area (Å²) in [5, 5.41) is 1.000. The summed E-state index contributed by atoms with van der Waals surface area (Å²) in [7, 11) is 0. The summed E-state index contributed by atoms with van der Waals surface area (Å²) >= 11 is 9.64. The maximum absolute atomic E-state index is 13.1. The molecule has 1 aliphatic heterocycles. The minimum Gasteiger partial charge on any atom is -0.460 e. The molecule has 1 saturated heterocycles. The molecule has 0 aliphatic carbocycles. The zero-order valence-corrected chi connectivity index (χ0v) is 19.5. The number of halogens is 2. The van der Waals surface area contributed by atoms with Gasteiger partial charge in [0.05, 0.1) is 24.3 Å². The fourth-order valence-corrected chi connectivity index (χ4v) is 4.14. The number of ether oxygens (including phenoxy) is 3. The van der Waals surface area contributed by atoms with Crippen LogP contribution in [0.1, 0.15) is 50.6 Å². The van der Waals surface area contributed by atoms with Crippen molar-refractivity contribution in [2.75, 3.05) is 24.7 Å². The molecule has 1 amide bonds. The van der Waals surface area contributed by atoms with Crippen molar-refractivity contribution in [2.45, 2.75) is 52.2 Å². The first-order chi connectivity index (χ1) is 14.4. The normalized spacial score (nSPS) is 19.0. The topological polar surface area (TPSA) is 78.2 Å². The number of anilines is 1. The summed E-state index contributed by atoms with van der Waals surface area (Å²) in [5.41, 5.74) is 0.718. The summed E-state index contributed by atoms with van der Waals surface area (Å²) in [6.07, 6.45) is 1.54. The molecule has 0 spiro atoms. The molecule has 3 rings (SSSR count). The minimum atomic E-state index is -0.649. The Morgan fingerprint density at radius 1 is 1.23 bits per heavy atom. The van der Waals surface area contributed by atoms with Crippen LogP contribution in [0.4, 0.5) is 10.5 Å². The highest BCUT2D eigenvalue weighted by Gasteiger charge is 2.37. The van der Waals surface area contributed by atoms with Crippen LogP contribution >= 0.6 is 27.5 Å². The molecule has 0 N–H and O–H groups in total. The second-order valence-corrected chi connectivity index (χ2v) is 8.17. The lowest BCUT2D eigenvalue weighted by molar-refractivity contribution is 0.00465. The molecule has 2 aromatic rings. The van der Waals surface area contributed by atoms with E-state index >= 15 is 0 Å². The van der Waals surface area contributed by atoms with Gasteiger partial charge in [-0.2, -0.15) is 0 Å². The van der Waals surface area contributed by atoms with Crippen LogP contribution in [0.25, 0.3) is 11.0 Å². The lowest BCUT2D eigenvalue weighted by Gasteiger charge is -2.36. The van der Waals surface area contributed by atoms with E-state index in [1.807, 2.05) is 6.92 Å². The molecule has 1 aliphatic rings. The standard InChI is InChI=1S/C21H25BrClNO6/c1-4-13-9-12(7-8-29-13)24(21(26)28-6-3)18-14-10-15(22)16(23)11-17(14)30-19(18)20(25)27-5-2/h10-13H,4-9H2,1-3H3. The number of fused-ring (bicyclic) bond motifs is 1. The SMILES string of the molecule is CCOC(=O)c1oc2cc(Cl)c(Br)cc2c1N(C(=O)OCC)C1CCOC(CC)C1. The Bertz CT molecular complexity index is 930. The van der Waals surface area contributed by atoms with Gasteiger partial charge < -0.3 is 18.6 Å². The smallest absolute Gasteiger partial charge is 0.414 e. The van der Waals surface area contributed by atoms with Crippen molar-refractivity contribution in [3.63, 3.8) is 0 Å². The van der Waals surface area contributed by atoms with E-state index in [4.69, 9.17) is 30.2 Å². The molecule has 1 fully saturated rings. The van der Waals surface area contributed by atoms with Gasteiger partial charge in [0.2, 0.25) is 5.76 Å². The Morgan fingerprint density at radius 2 is 1.97 bits per heavy atom. The average Bonchev–Trinajstić information content (AvgIpc) is 3.07. The summed E-state index contributed by atoms with van der Waals surface area (Å²) in [6, 6.07) is 3.13. The van der Waals surface area contributed by atoms with Gasteiger partial charge in [0.25, 0.3) is 0 Å². The zero-order valence-electron chi connectivity index (χ0n) is 17.2. The van der Waals surface area contributed by atoms with Crippen molar-refractivity contribution in [3.8, 4) is 0 Å². The number of benzene rings is 1. The Hall–Kier alpha value is -1.77. The maximum atomic E-state index is 13.1. The van der Waals surface area contributed by atoms with E-state index in [0.29, 0.717) is 45.6 Å². The van der Waals surface area contributed by atoms with Crippen LogP contribution in [0.2, 0.25) is 5.02 Å². The fraction of sp³-hybridized carbons (Fsp3) is 0.524. The predicted molar refractivity (Wildman–Crippen MR) is 117 cm³/mol. The van der Waals surface area contributed by atoms with E-state index in [0.717, 1.165) is 6.42 Å². The van der Waals surface area contributed by atoms with Gasteiger partial charge in [-0.05, 0) is 55.1 Å². The van der Waals surface area contributed by atoms with Crippen LogP contribution in [0.15, 0.2) is 21.0 Å². The highest BCUT2D eigenvalue weighted by Crippen LogP contribution is 2.41. The van der Waals surface area contributed by atoms with Crippen molar-refractivity contribution in [2.24, 2.45) is 0 Å². The highest BCUT2D eigenvalue weighted by atomic mass is 79.9. The van der Waals surface area contributed by atoms with Crippen LogP contribution in [-0.2, 0) is 14.2 Å². The van der Waals surface area contributed by atoms with Crippen LogP contribution in [0.3, 0.4) is 0 Å². The molecule has 2 atom stereocenters. The highest BCUT2D eigenvalue weighted by molar-refractivity contribution is 9.10. The van der Waals surface area contributed by atoms with Gasteiger partial charge in [-0.25, -0.2) is 9.59 Å². The number of carbonyl (C=O) groups excluding carboxylic acids is 2. The van der Waals surface area contributed by atoms with E-state index < -0.39 is 12.1 Å². The molecule has 30 heavy (non-hydrogen) atoms. The molecule has 9 heteroatoms. The number of esters is 1. The van der Waals surface area contributed by atoms with Gasteiger partial charge in [-0.15, -0.1) is 0 Å². The number of carbonyl (C=O) groups is 2. The van der Waals surface area contributed by atoms with Gasteiger partial charge in [0.1, 0.15) is 11.3 Å². The monoisotopic (exact) mass is 501 g/mol. The number of amides is 1. The fourth-order valence-electron chi connectivity index (χ4n) is 3.65. The Labute approximate surface area is 188 Å². The van der Waals surface area contributed by atoms with E-state index in [1.54, 1.807) is 26.0 Å². The predicted octanol–water partition coefficient (Wildman–Crippen LogP) is 5.95. The third-order valence-corrected chi connectivity index (χ3v) is 6.23. The lowest BCUT2D eigenvalue weighted by atomic mass is 9.99. The third-order valence-electron chi connectivity index (χ3n) is 5.03. The number of furan rings is 1. The van der Waals surface area contributed by atoms with Crippen molar-refractivity contribution < 1.29 is 28.2 Å². The summed E-state index contributed by atoms with van der Waals surface area (Å²) < 4.78 is 22.8. The number of nitrogens with zero attached hydrogens (tertiary/aromatic N) is 1. The van der Waals surface area contributed by atoms with Crippen molar-refractivity contribution >= 4 is 56.3 Å². The van der Waals surface area contributed by atoms with Crippen LogP contribution in [-0.4, -0.2) is 44.0 Å². The largest absolute Gasteiger partial charge is 0.460 e. The van der Waals surface area contributed by atoms with Gasteiger partial charge in [0, 0.05) is 28.6 Å². The minimum absolute atomic E-state index is 0.0195. The molecular formula is C21H25BrClNO6. The zero-order chi connectivity index (χ0) is 21.8. The molecule has 0 bridgehead atoms. The lowest BCUT2D eigenvalue weighted by Crippen LogP contribution is -2.46.